The van der Waals surface area contributed by atoms with Gasteiger partial charge in [0.25, 0.3) is 5.91 Å². The van der Waals surface area contributed by atoms with Gasteiger partial charge in [0.1, 0.15) is 17.1 Å². The Morgan fingerprint density at radius 2 is 1.38 bits per heavy atom. The first-order valence-electron chi connectivity index (χ1n) is 36.3. The van der Waals surface area contributed by atoms with Crippen molar-refractivity contribution in [3.05, 3.63) is 82.3 Å². The van der Waals surface area contributed by atoms with Crippen molar-refractivity contribution in [3.8, 4) is 0 Å². The maximum atomic E-state index is 14.6. The van der Waals surface area contributed by atoms with Gasteiger partial charge in [0.2, 0.25) is 65.7 Å². The zero-order chi connectivity index (χ0) is 77.3. The van der Waals surface area contributed by atoms with Gasteiger partial charge in [-0.3, -0.25) is 62.5 Å². The molecular formula is C74H113N13O17S. The Hall–Kier alpha value is -8.49. The van der Waals surface area contributed by atoms with Crippen molar-refractivity contribution >= 4 is 88.6 Å². The van der Waals surface area contributed by atoms with Crippen molar-refractivity contribution in [3.63, 3.8) is 0 Å². The molecule has 2 aliphatic heterocycles. The molecule has 2 aliphatic rings. The molecule has 105 heavy (non-hydrogen) atoms. The Morgan fingerprint density at radius 3 is 1.99 bits per heavy atom. The van der Waals surface area contributed by atoms with Crippen LogP contribution in [0.4, 0.5) is 10.5 Å². The number of methoxy groups -OCH3 is 2. The number of likely N-dealkylation sites (N-methyl/N-ethyl adjacent to an activating group) is 3. The number of ether oxygens (including phenoxy) is 5. The molecule has 3 aromatic rings. The van der Waals surface area contributed by atoms with Crippen LogP contribution in [0, 0.1) is 23.7 Å². The highest BCUT2D eigenvalue weighted by molar-refractivity contribution is 7.09. The molecule has 0 radical (unpaired) electrons. The first-order valence-corrected chi connectivity index (χ1v) is 37.2. The van der Waals surface area contributed by atoms with Crippen LogP contribution < -0.4 is 31.9 Å². The van der Waals surface area contributed by atoms with Crippen LogP contribution in [0.1, 0.15) is 135 Å². The molecule has 3 unspecified atom stereocenters. The maximum Gasteiger partial charge on any atom is 0.411 e. The Morgan fingerprint density at radius 1 is 0.705 bits per heavy atom. The van der Waals surface area contributed by atoms with E-state index < -0.39 is 109 Å². The standard InChI is InChI=1S/C74H113N13O17S/c1-14-20-61(92)86(47-88)33-28-58(89)75-30-39-103-41-40-102-38-29-59(90)81-64(48(3)4)70(96)77-45-60(91)79-54-26-24-53(25-27-54)68(73(98)85-36-34-82(9)35-37-85)104-74(99)84(11)65(49(5)6)71(97)78-46-63(94)83(10)66(50(7)15-2)57(100-12)44-62(93)87-32-19-23-56(87)67(101-13)51(8)69(95)80-55(72-76-31-42-105-72)43-52-21-17-16-18-22-52/h16-18,21-22,24-27,31,42,47-51,55-57,64-68H,14-15,19-20,23,28-30,32-41,43-46H2,1-13H3,(H,75,89)(H,77,96)(H,78,97)(H,79,91)(H,80,95)(H,81,90)/t50-,51+,55-,56-,57+,64?,65?,66-,67+,68?/m0/s1. The highest BCUT2D eigenvalue weighted by atomic mass is 32.1. The van der Waals surface area contributed by atoms with Crippen LogP contribution in [0.3, 0.4) is 0 Å². The predicted molar refractivity (Wildman–Crippen MR) is 393 cm³/mol. The minimum atomic E-state index is -1.49. The number of benzene rings is 2. The zero-order valence-corrected chi connectivity index (χ0v) is 64.2. The van der Waals surface area contributed by atoms with Gasteiger partial charge < -0.3 is 75.2 Å². The molecule has 5 rings (SSSR count). The third-order valence-electron chi connectivity index (χ3n) is 19.0. The van der Waals surface area contributed by atoms with Gasteiger partial charge in [-0.1, -0.05) is 104 Å². The van der Waals surface area contributed by atoms with Crippen molar-refractivity contribution < 1.29 is 81.2 Å². The van der Waals surface area contributed by atoms with Crippen LogP contribution in [0.25, 0.3) is 0 Å². The van der Waals surface area contributed by atoms with Crippen LogP contribution in [0.5, 0.6) is 0 Å². The molecular weight excluding hydrogens is 1370 g/mol. The summed E-state index contributed by atoms with van der Waals surface area (Å²) in [6, 6.07) is 12.3. The third kappa shape index (κ3) is 27.4. The van der Waals surface area contributed by atoms with E-state index in [4.69, 9.17) is 23.7 Å². The second-order valence-electron chi connectivity index (χ2n) is 27.4. The molecule has 12 amide bonds. The molecule has 0 bridgehead atoms. The molecule has 6 N–H and O–H groups in total. The van der Waals surface area contributed by atoms with Crippen LogP contribution in [-0.4, -0.2) is 263 Å². The monoisotopic (exact) mass is 1490 g/mol. The van der Waals surface area contributed by atoms with E-state index in [0.717, 1.165) is 20.4 Å². The number of amides is 12. The van der Waals surface area contributed by atoms with Gasteiger partial charge >= 0.3 is 6.09 Å². The number of aromatic nitrogens is 1. The fraction of sp³-hybridized carbons (Fsp3) is 0.635. The van der Waals surface area contributed by atoms with E-state index in [1.165, 1.54) is 54.7 Å². The van der Waals surface area contributed by atoms with Gasteiger partial charge in [-0.25, -0.2) is 9.78 Å². The van der Waals surface area contributed by atoms with Crippen molar-refractivity contribution in [1.82, 2.24) is 61.0 Å². The summed E-state index contributed by atoms with van der Waals surface area (Å²) in [5, 5.41) is 19.2. The van der Waals surface area contributed by atoms with E-state index in [9.17, 15) is 57.5 Å². The van der Waals surface area contributed by atoms with Crippen LogP contribution in [0.15, 0.2) is 66.2 Å². The SMILES string of the molecule is CCCC(=O)N(C=O)CCC(=O)NCCOCCOCCC(=O)NC(C(=O)NCC(=O)Nc1ccc(C(OC(=O)N(C)C(C(=O)NCC(=O)N(C)[C@@H]([C@@H](C)CC)[C@@H](CC(=O)N2CCC[C@H]2[C@H](OC)[C@@H](C)C(=O)N[C@@H](Cc2ccccc2)c2nccs2)OC)C(C)C)C(=O)N2CCN(C)CC2)cc1)C(C)C. The molecule has 10 atom stereocenters. The van der Waals surface area contributed by atoms with E-state index in [2.05, 4.69) is 41.8 Å². The van der Waals surface area contributed by atoms with Crippen molar-refractivity contribution in [2.45, 2.75) is 162 Å². The molecule has 1 aromatic heterocycles. The number of piperazine rings is 1. The number of rotatable bonds is 44. The van der Waals surface area contributed by atoms with Gasteiger partial charge in [-0.05, 0) is 68.2 Å². The fourth-order valence-electron chi connectivity index (χ4n) is 12.8. The van der Waals surface area contributed by atoms with Gasteiger partial charge in [-0.15, -0.1) is 11.3 Å². The van der Waals surface area contributed by atoms with Gasteiger partial charge in [0.05, 0.1) is 82.2 Å². The summed E-state index contributed by atoms with van der Waals surface area (Å²) >= 11 is 1.46. The number of carbonyl (C=O) groups is 12. The first-order chi connectivity index (χ1) is 50.2. The Labute approximate surface area is 621 Å². The summed E-state index contributed by atoms with van der Waals surface area (Å²) in [7, 11) is 7.94. The summed E-state index contributed by atoms with van der Waals surface area (Å²) in [5.74, 6) is -6.17. The molecule has 582 valence electrons. The molecule has 0 spiro atoms. The minimum absolute atomic E-state index is 0.0142. The van der Waals surface area contributed by atoms with E-state index >= 15 is 0 Å². The fourth-order valence-corrected chi connectivity index (χ4v) is 13.5. The van der Waals surface area contributed by atoms with Gasteiger partial charge in [0.15, 0.2) is 0 Å². The largest absolute Gasteiger partial charge is 0.431 e. The summed E-state index contributed by atoms with van der Waals surface area (Å²) < 4.78 is 29.1. The molecule has 30 nitrogen and oxygen atoms in total. The lowest BCUT2D eigenvalue weighted by molar-refractivity contribution is -0.146. The number of imide groups is 1. The second-order valence-corrected chi connectivity index (χ2v) is 28.3. The van der Waals surface area contributed by atoms with E-state index in [1.807, 2.05) is 63.5 Å². The molecule has 2 aromatic carbocycles. The summed E-state index contributed by atoms with van der Waals surface area (Å²) in [5.41, 5.74) is 1.59. The van der Waals surface area contributed by atoms with E-state index in [1.54, 1.807) is 64.8 Å². The Kier molecular flexibility index (Phi) is 37.4. The van der Waals surface area contributed by atoms with Gasteiger partial charge in [0, 0.05) is 116 Å². The van der Waals surface area contributed by atoms with Crippen molar-refractivity contribution in [1.29, 1.82) is 0 Å². The molecule has 2 saturated heterocycles. The number of thiazole rings is 1. The molecule has 0 saturated carbocycles. The molecule has 3 heterocycles. The lowest BCUT2D eigenvalue weighted by atomic mass is 9.90. The topological polar surface area (TPSA) is 356 Å². The lowest BCUT2D eigenvalue weighted by Crippen LogP contribution is -2.56. The van der Waals surface area contributed by atoms with Crippen molar-refractivity contribution in [2.24, 2.45) is 23.7 Å². The average molecular weight is 1490 g/mol. The minimum Gasteiger partial charge on any atom is -0.431 e. The highest BCUT2D eigenvalue weighted by Gasteiger charge is 2.43. The number of hydrogen-bond acceptors (Lipinski definition) is 20. The van der Waals surface area contributed by atoms with Crippen molar-refractivity contribution in [2.75, 3.05) is 126 Å². The number of likely N-dealkylation sites (tertiary alicyclic amines) is 1. The van der Waals surface area contributed by atoms with Crippen LogP contribution in [0.2, 0.25) is 0 Å². The third-order valence-corrected chi connectivity index (χ3v) is 19.9. The smallest absolute Gasteiger partial charge is 0.411 e. The summed E-state index contributed by atoms with van der Waals surface area (Å²) in [4.78, 5) is 174. The molecule has 0 aliphatic carbocycles. The Bertz CT molecular complexity index is 3270. The van der Waals surface area contributed by atoms with Crippen LogP contribution >= 0.6 is 11.3 Å². The zero-order valence-electron chi connectivity index (χ0n) is 63.4. The second kappa shape index (κ2) is 45.1. The number of carbonyl (C=O) groups excluding carboxylic acids is 12. The quantitative estimate of drug-likeness (QED) is 0.0343. The van der Waals surface area contributed by atoms with E-state index in [0.29, 0.717) is 71.2 Å². The Balaban J connectivity index is 1.13. The maximum absolute atomic E-state index is 14.6. The average Bonchev–Trinajstić information content (AvgIpc) is 1.80. The van der Waals surface area contributed by atoms with Crippen LogP contribution in [-0.2, 0) is 82.8 Å². The summed E-state index contributed by atoms with van der Waals surface area (Å²) in [6.45, 7) is 16.5. The van der Waals surface area contributed by atoms with E-state index in [-0.39, 0.29) is 118 Å². The summed E-state index contributed by atoms with van der Waals surface area (Å²) in [6.07, 6.45) is 1.28. The lowest BCUT2D eigenvalue weighted by Gasteiger charge is -2.39. The normalized spacial score (nSPS) is 16.4. The first kappa shape index (κ1) is 87.1. The van der Waals surface area contributed by atoms with Gasteiger partial charge in [-0.2, -0.15) is 0 Å². The predicted octanol–water partition coefficient (Wildman–Crippen LogP) is 4.10. The molecule has 31 heteroatoms. The number of anilines is 1. The number of nitrogens with one attached hydrogen (secondary N) is 6. The number of hydrogen-bond donors (Lipinski definition) is 6. The number of nitrogens with zero attached hydrogens (tertiary/aromatic N) is 7. The highest BCUT2D eigenvalue weighted by Crippen LogP contribution is 2.31. The molecule has 2 fully saturated rings.